The molecule has 0 spiro atoms. The number of aromatic nitrogens is 2. The van der Waals surface area contributed by atoms with Gasteiger partial charge in [-0.2, -0.15) is 5.10 Å². The van der Waals surface area contributed by atoms with E-state index < -0.39 is 11.4 Å². The highest BCUT2D eigenvalue weighted by molar-refractivity contribution is 5.96. The van der Waals surface area contributed by atoms with E-state index in [1.807, 2.05) is 6.92 Å². The number of nitrogens with one attached hydrogen (secondary N) is 2. The van der Waals surface area contributed by atoms with Crippen LogP contribution >= 0.6 is 12.4 Å². The molecule has 2 aromatic rings. The van der Waals surface area contributed by atoms with E-state index in [4.69, 9.17) is 0 Å². The SMILES string of the molecule is Cc1ccc(NC(=O)C2(n3cccn3)CCNCC2)c(F)c1.Cl. The summed E-state index contributed by atoms with van der Waals surface area (Å²) in [6.07, 6.45) is 4.68. The van der Waals surface area contributed by atoms with Gasteiger partial charge < -0.3 is 10.6 Å². The van der Waals surface area contributed by atoms with E-state index in [1.54, 1.807) is 35.3 Å². The van der Waals surface area contributed by atoms with Crippen molar-refractivity contribution in [3.05, 3.63) is 48.0 Å². The molecule has 2 N–H and O–H groups in total. The molecule has 3 rings (SSSR count). The number of anilines is 1. The second kappa shape index (κ2) is 7.10. The van der Waals surface area contributed by atoms with Crippen LogP contribution in [0.4, 0.5) is 10.1 Å². The number of nitrogens with zero attached hydrogens (tertiary/aromatic N) is 2. The Morgan fingerprint density at radius 2 is 2.13 bits per heavy atom. The van der Waals surface area contributed by atoms with Gasteiger partial charge in [0.05, 0.1) is 5.69 Å². The Balaban J connectivity index is 0.00000192. The summed E-state index contributed by atoms with van der Waals surface area (Å²) < 4.78 is 15.7. The summed E-state index contributed by atoms with van der Waals surface area (Å²) in [6.45, 7) is 3.26. The number of hydrogen-bond donors (Lipinski definition) is 2. The first-order valence-electron chi connectivity index (χ1n) is 7.40. The highest BCUT2D eigenvalue weighted by Crippen LogP contribution is 2.29. The topological polar surface area (TPSA) is 59.0 Å². The molecule has 1 aromatic heterocycles. The van der Waals surface area contributed by atoms with Gasteiger partial charge >= 0.3 is 0 Å². The number of hydrogen-bond acceptors (Lipinski definition) is 3. The van der Waals surface area contributed by atoms with E-state index in [0.717, 1.165) is 18.7 Å². The lowest BCUT2D eigenvalue weighted by atomic mass is 9.87. The minimum absolute atomic E-state index is 0. The molecule has 1 aliphatic rings. The van der Waals surface area contributed by atoms with Crippen LogP contribution in [0.3, 0.4) is 0 Å². The highest BCUT2D eigenvalue weighted by Gasteiger charge is 2.42. The van der Waals surface area contributed by atoms with Gasteiger partial charge in [-0.05, 0) is 56.6 Å². The molecule has 23 heavy (non-hydrogen) atoms. The molecular formula is C16H20ClFN4O. The largest absolute Gasteiger partial charge is 0.321 e. The summed E-state index contributed by atoms with van der Waals surface area (Å²) in [5.41, 5.74) is 0.256. The Morgan fingerprint density at radius 3 is 2.74 bits per heavy atom. The molecular weight excluding hydrogens is 319 g/mol. The molecule has 0 atom stereocenters. The summed E-state index contributed by atoms with van der Waals surface area (Å²) >= 11 is 0. The average molecular weight is 339 g/mol. The van der Waals surface area contributed by atoms with Crippen LogP contribution in [0.1, 0.15) is 18.4 Å². The first kappa shape index (κ1) is 17.4. The maximum atomic E-state index is 14.0. The molecule has 1 aromatic carbocycles. The fourth-order valence-corrected chi connectivity index (χ4v) is 2.88. The van der Waals surface area contributed by atoms with Gasteiger partial charge in [0.25, 0.3) is 5.91 Å². The minimum atomic E-state index is -0.772. The maximum Gasteiger partial charge on any atom is 0.252 e. The third-order valence-corrected chi connectivity index (χ3v) is 4.17. The fraction of sp³-hybridized carbons (Fsp3) is 0.375. The summed E-state index contributed by atoms with van der Waals surface area (Å²) in [6, 6.07) is 6.59. The van der Waals surface area contributed by atoms with Gasteiger partial charge in [-0.25, -0.2) is 4.39 Å². The monoisotopic (exact) mass is 338 g/mol. The molecule has 7 heteroatoms. The number of rotatable bonds is 3. The molecule has 1 aliphatic heterocycles. The molecule has 0 aliphatic carbocycles. The molecule has 124 valence electrons. The lowest BCUT2D eigenvalue weighted by molar-refractivity contribution is -0.126. The summed E-state index contributed by atoms with van der Waals surface area (Å²) in [5.74, 6) is -0.640. The Kier molecular flexibility index (Phi) is 5.38. The van der Waals surface area contributed by atoms with Crippen LogP contribution < -0.4 is 10.6 Å². The van der Waals surface area contributed by atoms with Crippen LogP contribution in [0.5, 0.6) is 0 Å². The van der Waals surface area contributed by atoms with E-state index in [2.05, 4.69) is 15.7 Å². The van der Waals surface area contributed by atoms with Crippen molar-refractivity contribution < 1.29 is 9.18 Å². The standard InChI is InChI=1S/C16H19FN4O.ClH/c1-12-3-4-14(13(17)11-12)20-15(22)16(5-8-18-9-6-16)21-10-2-7-19-21;/h2-4,7,10-11,18H,5-6,8-9H2,1H3,(H,20,22);1H. The lowest BCUT2D eigenvalue weighted by Crippen LogP contribution is -2.52. The first-order chi connectivity index (χ1) is 10.6. The first-order valence-corrected chi connectivity index (χ1v) is 7.40. The maximum absolute atomic E-state index is 14.0. The summed E-state index contributed by atoms with van der Waals surface area (Å²) in [5, 5.41) is 10.2. The van der Waals surface area contributed by atoms with E-state index in [1.165, 1.54) is 6.07 Å². The number of carbonyl (C=O) groups excluding carboxylic acids is 1. The Labute approximate surface area is 140 Å². The highest BCUT2D eigenvalue weighted by atomic mass is 35.5. The van der Waals surface area contributed by atoms with E-state index in [-0.39, 0.29) is 24.0 Å². The predicted octanol–water partition coefficient (Wildman–Crippen LogP) is 2.47. The molecule has 1 fully saturated rings. The second-order valence-corrected chi connectivity index (χ2v) is 5.67. The number of aryl methyl sites for hydroxylation is 1. The zero-order valence-electron chi connectivity index (χ0n) is 12.9. The third-order valence-electron chi connectivity index (χ3n) is 4.17. The number of carbonyl (C=O) groups is 1. The molecule has 5 nitrogen and oxygen atoms in total. The van der Waals surface area contributed by atoms with Crippen molar-refractivity contribution in [2.75, 3.05) is 18.4 Å². The van der Waals surface area contributed by atoms with Crippen molar-refractivity contribution in [2.45, 2.75) is 25.3 Å². The normalized spacial score (nSPS) is 16.4. The zero-order chi connectivity index (χ0) is 15.6. The zero-order valence-corrected chi connectivity index (χ0v) is 13.7. The molecule has 0 radical (unpaired) electrons. The number of halogens is 2. The van der Waals surface area contributed by atoms with Crippen LogP contribution in [0.15, 0.2) is 36.7 Å². The molecule has 0 bridgehead atoms. The van der Waals surface area contributed by atoms with Gasteiger partial charge in [-0.15, -0.1) is 12.4 Å². The third kappa shape index (κ3) is 3.38. The summed E-state index contributed by atoms with van der Waals surface area (Å²) in [4.78, 5) is 12.9. The minimum Gasteiger partial charge on any atom is -0.321 e. The van der Waals surface area contributed by atoms with Crippen LogP contribution in [0.25, 0.3) is 0 Å². The van der Waals surface area contributed by atoms with Crippen molar-refractivity contribution >= 4 is 24.0 Å². The van der Waals surface area contributed by atoms with Crippen molar-refractivity contribution in [3.8, 4) is 0 Å². The fourth-order valence-electron chi connectivity index (χ4n) is 2.88. The van der Waals surface area contributed by atoms with Gasteiger partial charge in [0, 0.05) is 12.4 Å². The van der Waals surface area contributed by atoms with Gasteiger partial charge in [0.2, 0.25) is 0 Å². The van der Waals surface area contributed by atoms with Gasteiger partial charge in [-0.1, -0.05) is 6.07 Å². The Hall–Kier alpha value is -1.92. The predicted molar refractivity (Wildman–Crippen MR) is 89.3 cm³/mol. The van der Waals surface area contributed by atoms with E-state index in [0.29, 0.717) is 12.8 Å². The van der Waals surface area contributed by atoms with Crippen LogP contribution in [-0.2, 0) is 10.3 Å². The van der Waals surface area contributed by atoms with Crippen LogP contribution in [-0.4, -0.2) is 28.8 Å². The molecule has 2 heterocycles. The molecule has 0 unspecified atom stereocenters. The molecule has 0 saturated carbocycles. The Morgan fingerprint density at radius 1 is 1.39 bits per heavy atom. The van der Waals surface area contributed by atoms with Crippen molar-refractivity contribution in [2.24, 2.45) is 0 Å². The van der Waals surface area contributed by atoms with Gasteiger partial charge in [0.15, 0.2) is 0 Å². The number of piperidine rings is 1. The van der Waals surface area contributed by atoms with Crippen molar-refractivity contribution in [3.63, 3.8) is 0 Å². The van der Waals surface area contributed by atoms with E-state index in [9.17, 15) is 9.18 Å². The van der Waals surface area contributed by atoms with Crippen LogP contribution in [0.2, 0.25) is 0 Å². The van der Waals surface area contributed by atoms with E-state index >= 15 is 0 Å². The average Bonchev–Trinajstić information content (AvgIpc) is 3.05. The molecule has 1 amide bonds. The molecule has 1 saturated heterocycles. The summed E-state index contributed by atoms with van der Waals surface area (Å²) in [7, 11) is 0. The van der Waals surface area contributed by atoms with Gasteiger partial charge in [0.1, 0.15) is 11.4 Å². The lowest BCUT2D eigenvalue weighted by Gasteiger charge is -2.36. The van der Waals surface area contributed by atoms with Crippen molar-refractivity contribution in [1.82, 2.24) is 15.1 Å². The van der Waals surface area contributed by atoms with Crippen molar-refractivity contribution in [1.29, 1.82) is 0 Å². The quantitative estimate of drug-likeness (QED) is 0.904. The second-order valence-electron chi connectivity index (χ2n) is 5.67. The number of amides is 1. The Bertz CT molecular complexity index is 669. The van der Waals surface area contributed by atoms with Gasteiger partial charge in [-0.3, -0.25) is 9.48 Å². The number of benzene rings is 1. The smallest absolute Gasteiger partial charge is 0.252 e. The van der Waals surface area contributed by atoms with Crippen LogP contribution in [0, 0.1) is 12.7 Å².